The van der Waals surface area contributed by atoms with Crippen molar-refractivity contribution in [2.45, 2.75) is 6.18 Å². The van der Waals surface area contributed by atoms with Crippen LogP contribution in [-0.2, 0) is 6.18 Å². The summed E-state index contributed by atoms with van der Waals surface area (Å²) in [5, 5.41) is 0. The molecule has 16 heavy (non-hydrogen) atoms. The van der Waals surface area contributed by atoms with Gasteiger partial charge in [0, 0.05) is 6.20 Å². The van der Waals surface area contributed by atoms with Crippen LogP contribution in [0.5, 0.6) is 0 Å². The van der Waals surface area contributed by atoms with Gasteiger partial charge in [-0.15, -0.1) is 11.3 Å². The van der Waals surface area contributed by atoms with Crippen molar-refractivity contribution in [3.8, 4) is 10.4 Å². The SMILES string of the molecule is FC(F)(F)c1cccc(-c2c[nH]c(=S)s2)c1. The van der Waals surface area contributed by atoms with E-state index in [1.165, 1.54) is 17.4 Å². The van der Waals surface area contributed by atoms with Crippen LogP contribution < -0.4 is 0 Å². The number of H-pyrrole nitrogens is 1. The number of thiazole rings is 1. The molecule has 2 rings (SSSR count). The molecule has 0 saturated carbocycles. The Morgan fingerprint density at radius 1 is 1.25 bits per heavy atom. The third-order valence-corrected chi connectivity index (χ3v) is 3.24. The normalized spacial score (nSPS) is 11.7. The molecular weight excluding hydrogens is 255 g/mol. The number of hydrogen-bond donors (Lipinski definition) is 1. The van der Waals surface area contributed by atoms with E-state index in [4.69, 9.17) is 12.2 Å². The molecule has 1 heterocycles. The summed E-state index contributed by atoms with van der Waals surface area (Å²) < 4.78 is 37.9. The summed E-state index contributed by atoms with van der Waals surface area (Å²) in [5.41, 5.74) is -0.128. The molecule has 0 spiro atoms. The molecule has 1 nitrogen and oxygen atoms in total. The van der Waals surface area contributed by atoms with Crippen molar-refractivity contribution < 1.29 is 13.2 Å². The summed E-state index contributed by atoms with van der Waals surface area (Å²) in [6.45, 7) is 0. The molecule has 0 saturated heterocycles. The first-order valence-corrected chi connectivity index (χ1v) is 5.55. The molecule has 0 atom stereocenters. The fourth-order valence-electron chi connectivity index (χ4n) is 1.27. The molecule has 6 heteroatoms. The van der Waals surface area contributed by atoms with Crippen LogP contribution in [0.25, 0.3) is 10.4 Å². The molecule has 0 fully saturated rings. The monoisotopic (exact) mass is 261 g/mol. The first-order valence-electron chi connectivity index (χ1n) is 4.33. The Hall–Kier alpha value is -1.14. The number of alkyl halides is 3. The summed E-state index contributed by atoms with van der Waals surface area (Å²) in [5.74, 6) is 0. The number of aromatic amines is 1. The predicted molar refractivity (Wildman–Crippen MR) is 59.9 cm³/mol. The minimum Gasteiger partial charge on any atom is -0.343 e. The van der Waals surface area contributed by atoms with Crippen LogP contribution in [0.15, 0.2) is 30.5 Å². The van der Waals surface area contributed by atoms with Crippen LogP contribution in [0.2, 0.25) is 0 Å². The third kappa shape index (κ3) is 2.33. The Bertz CT molecular complexity index is 553. The number of benzene rings is 1. The second-order valence-electron chi connectivity index (χ2n) is 3.12. The van der Waals surface area contributed by atoms with Crippen LogP contribution >= 0.6 is 23.6 Å². The Kier molecular flexibility index (Phi) is 2.86. The number of halogens is 3. The Balaban J connectivity index is 2.48. The van der Waals surface area contributed by atoms with Crippen molar-refractivity contribution in [2.75, 3.05) is 0 Å². The molecule has 1 aromatic heterocycles. The fraction of sp³-hybridized carbons (Fsp3) is 0.100. The van der Waals surface area contributed by atoms with Crippen LogP contribution in [-0.4, -0.2) is 4.98 Å². The van der Waals surface area contributed by atoms with E-state index in [1.807, 2.05) is 0 Å². The highest BCUT2D eigenvalue weighted by molar-refractivity contribution is 7.73. The van der Waals surface area contributed by atoms with Gasteiger partial charge in [-0.25, -0.2) is 0 Å². The Morgan fingerprint density at radius 3 is 2.56 bits per heavy atom. The van der Waals surface area contributed by atoms with Gasteiger partial charge in [0.1, 0.15) is 0 Å². The average molecular weight is 261 g/mol. The Morgan fingerprint density at radius 2 is 2.00 bits per heavy atom. The van der Waals surface area contributed by atoms with Gasteiger partial charge in [0.15, 0.2) is 3.95 Å². The summed E-state index contributed by atoms with van der Waals surface area (Å²) in [4.78, 5) is 3.48. The maximum Gasteiger partial charge on any atom is 0.416 e. The summed E-state index contributed by atoms with van der Waals surface area (Å²) >= 11 is 6.13. The van der Waals surface area contributed by atoms with Crippen molar-refractivity contribution in [2.24, 2.45) is 0 Å². The zero-order chi connectivity index (χ0) is 11.8. The minimum atomic E-state index is -4.31. The highest BCUT2D eigenvalue weighted by Gasteiger charge is 2.30. The maximum absolute atomic E-state index is 12.5. The lowest BCUT2D eigenvalue weighted by Crippen LogP contribution is -2.04. The van der Waals surface area contributed by atoms with Gasteiger partial charge >= 0.3 is 6.18 Å². The smallest absolute Gasteiger partial charge is 0.343 e. The number of hydrogen-bond acceptors (Lipinski definition) is 2. The molecule has 84 valence electrons. The fourth-order valence-corrected chi connectivity index (χ4v) is 2.28. The summed E-state index contributed by atoms with van der Waals surface area (Å²) in [7, 11) is 0. The Labute approximate surface area is 98.6 Å². The predicted octanol–water partition coefficient (Wildman–Crippen LogP) is 4.49. The summed E-state index contributed by atoms with van der Waals surface area (Å²) in [6, 6.07) is 5.19. The number of aromatic nitrogens is 1. The topological polar surface area (TPSA) is 15.8 Å². The van der Waals surface area contributed by atoms with Crippen molar-refractivity contribution >= 4 is 23.6 Å². The van der Waals surface area contributed by atoms with Crippen molar-refractivity contribution in [3.05, 3.63) is 40.0 Å². The second-order valence-corrected chi connectivity index (χ2v) is 4.84. The van der Waals surface area contributed by atoms with E-state index in [9.17, 15) is 13.2 Å². The van der Waals surface area contributed by atoms with Gasteiger partial charge in [-0.3, -0.25) is 0 Å². The van der Waals surface area contributed by atoms with Gasteiger partial charge in [0.2, 0.25) is 0 Å². The number of nitrogens with one attached hydrogen (secondary N) is 1. The van der Waals surface area contributed by atoms with E-state index in [0.29, 0.717) is 14.4 Å². The molecule has 0 radical (unpaired) electrons. The first kappa shape index (κ1) is 11.3. The maximum atomic E-state index is 12.5. The second kappa shape index (κ2) is 4.03. The third-order valence-electron chi connectivity index (χ3n) is 2.00. The molecule has 1 N–H and O–H groups in total. The van der Waals surface area contributed by atoms with E-state index in [1.54, 1.807) is 12.3 Å². The van der Waals surface area contributed by atoms with E-state index >= 15 is 0 Å². The standard InChI is InChI=1S/C10H6F3NS2/c11-10(12,13)7-3-1-2-6(4-7)8-5-14-9(15)16-8/h1-5H,(H,14,15). The van der Waals surface area contributed by atoms with Crippen LogP contribution in [0.4, 0.5) is 13.2 Å². The van der Waals surface area contributed by atoms with Crippen LogP contribution in [0.3, 0.4) is 0 Å². The van der Waals surface area contributed by atoms with Crippen molar-refractivity contribution in [3.63, 3.8) is 0 Å². The van der Waals surface area contributed by atoms with E-state index in [-0.39, 0.29) is 0 Å². The van der Waals surface area contributed by atoms with E-state index < -0.39 is 11.7 Å². The molecule has 0 bridgehead atoms. The molecule has 0 aliphatic heterocycles. The molecule has 0 unspecified atom stereocenters. The molecule has 0 aliphatic rings. The van der Waals surface area contributed by atoms with Gasteiger partial charge < -0.3 is 4.98 Å². The van der Waals surface area contributed by atoms with E-state index in [0.717, 1.165) is 12.1 Å². The molecule has 1 aromatic carbocycles. The van der Waals surface area contributed by atoms with Gasteiger partial charge in [-0.2, -0.15) is 13.2 Å². The molecule has 0 amide bonds. The highest BCUT2D eigenvalue weighted by atomic mass is 32.1. The lowest BCUT2D eigenvalue weighted by atomic mass is 10.1. The zero-order valence-corrected chi connectivity index (χ0v) is 9.47. The minimum absolute atomic E-state index is 0.521. The lowest BCUT2D eigenvalue weighted by Gasteiger charge is -2.07. The van der Waals surface area contributed by atoms with Crippen LogP contribution in [0, 0.1) is 3.95 Å². The van der Waals surface area contributed by atoms with Gasteiger partial charge in [0.25, 0.3) is 0 Å². The number of rotatable bonds is 1. The average Bonchev–Trinajstić information content (AvgIpc) is 2.64. The molecular formula is C10H6F3NS2. The molecule has 0 aliphatic carbocycles. The quantitative estimate of drug-likeness (QED) is 0.748. The molecule has 2 aromatic rings. The highest BCUT2D eigenvalue weighted by Crippen LogP contribution is 2.33. The van der Waals surface area contributed by atoms with Gasteiger partial charge in [0.05, 0.1) is 10.4 Å². The van der Waals surface area contributed by atoms with Crippen molar-refractivity contribution in [1.82, 2.24) is 4.98 Å². The largest absolute Gasteiger partial charge is 0.416 e. The van der Waals surface area contributed by atoms with Crippen LogP contribution in [0.1, 0.15) is 5.56 Å². The zero-order valence-electron chi connectivity index (χ0n) is 7.84. The van der Waals surface area contributed by atoms with E-state index in [2.05, 4.69) is 4.98 Å². The van der Waals surface area contributed by atoms with Crippen molar-refractivity contribution in [1.29, 1.82) is 0 Å². The summed E-state index contributed by atoms with van der Waals surface area (Å²) in [6.07, 6.45) is -2.70. The first-order chi connectivity index (χ1) is 7.47. The van der Waals surface area contributed by atoms with Gasteiger partial charge in [-0.05, 0) is 29.9 Å². The van der Waals surface area contributed by atoms with Gasteiger partial charge in [-0.1, -0.05) is 12.1 Å². The lowest BCUT2D eigenvalue weighted by molar-refractivity contribution is -0.137.